The van der Waals surface area contributed by atoms with Gasteiger partial charge in [0.15, 0.2) is 0 Å². The number of rotatable bonds is 4. The summed E-state index contributed by atoms with van der Waals surface area (Å²) in [4.78, 5) is 3.18. The van der Waals surface area contributed by atoms with Crippen LogP contribution in [0.1, 0.15) is 18.3 Å². The van der Waals surface area contributed by atoms with Crippen molar-refractivity contribution in [2.75, 3.05) is 0 Å². The fourth-order valence-corrected chi connectivity index (χ4v) is 1.25. The van der Waals surface area contributed by atoms with Gasteiger partial charge in [-0.15, -0.1) is 0 Å². The summed E-state index contributed by atoms with van der Waals surface area (Å²) in [5.74, 6) is 0. The first kappa shape index (κ1) is 10.3. The zero-order chi connectivity index (χ0) is 10.6. The van der Waals surface area contributed by atoms with E-state index in [2.05, 4.69) is 18.1 Å². The number of H-pyrrole nitrogens is 1. The number of hydrogen-bond acceptors (Lipinski definition) is 1. The molecule has 0 aromatic carbocycles. The highest BCUT2D eigenvalue weighted by Crippen LogP contribution is 2.18. The van der Waals surface area contributed by atoms with E-state index in [1.165, 1.54) is 6.21 Å². The maximum Gasteiger partial charge on any atom is 0.0461 e. The van der Waals surface area contributed by atoms with Gasteiger partial charge >= 0.3 is 0 Å². The van der Waals surface area contributed by atoms with Gasteiger partial charge in [-0.1, -0.05) is 19.2 Å². The summed E-state index contributed by atoms with van der Waals surface area (Å²) in [5, 5.41) is 7.18. The van der Waals surface area contributed by atoms with Crippen LogP contribution in [0.25, 0.3) is 11.6 Å². The second-order valence-electron chi connectivity index (χ2n) is 2.98. The molecule has 0 unspecified atom stereocenters. The fourth-order valence-electron chi connectivity index (χ4n) is 1.25. The molecule has 0 aliphatic rings. The first-order valence-electron chi connectivity index (χ1n) is 4.38. The monoisotopic (exact) mass is 186 g/mol. The van der Waals surface area contributed by atoms with E-state index in [1.54, 1.807) is 12.2 Å². The van der Waals surface area contributed by atoms with E-state index in [0.29, 0.717) is 0 Å². The lowest BCUT2D eigenvalue weighted by atomic mass is 10.1. The molecule has 1 aromatic rings. The maximum absolute atomic E-state index is 7.18. The van der Waals surface area contributed by atoms with Gasteiger partial charge in [-0.2, -0.15) is 0 Å². The number of hydrogen-bond donors (Lipinski definition) is 2. The summed E-state index contributed by atoms with van der Waals surface area (Å²) in [7, 11) is 0. The van der Waals surface area contributed by atoms with E-state index in [9.17, 15) is 0 Å². The van der Waals surface area contributed by atoms with E-state index in [1.807, 2.05) is 19.1 Å². The zero-order valence-electron chi connectivity index (χ0n) is 8.30. The third-order valence-electron chi connectivity index (χ3n) is 2.06. The molecular weight excluding hydrogens is 172 g/mol. The van der Waals surface area contributed by atoms with Crippen LogP contribution in [0.2, 0.25) is 0 Å². The van der Waals surface area contributed by atoms with Crippen LogP contribution in [0.3, 0.4) is 0 Å². The van der Waals surface area contributed by atoms with Gasteiger partial charge in [0.1, 0.15) is 0 Å². The Bertz CT molecular complexity index is 394. The standard InChI is InChI=1S/C12H14N2/c1-4-10-6-7-12(14-10)11(5-2)9(3)8-13/h4-8,13-14H,1-2H2,3H3/b11-9+,13-8?. The van der Waals surface area contributed by atoms with Crippen LogP contribution < -0.4 is 0 Å². The van der Waals surface area contributed by atoms with Crippen molar-refractivity contribution in [3.05, 3.63) is 48.3 Å². The third-order valence-corrected chi connectivity index (χ3v) is 2.06. The molecule has 2 N–H and O–H groups in total. The molecule has 0 saturated heterocycles. The number of aromatic nitrogens is 1. The van der Waals surface area contributed by atoms with Crippen LogP contribution in [0, 0.1) is 5.41 Å². The number of aromatic amines is 1. The smallest absolute Gasteiger partial charge is 0.0461 e. The molecule has 0 radical (unpaired) electrons. The lowest BCUT2D eigenvalue weighted by Gasteiger charge is -2.01. The van der Waals surface area contributed by atoms with Gasteiger partial charge in [0, 0.05) is 23.2 Å². The summed E-state index contributed by atoms with van der Waals surface area (Å²) in [6.07, 6.45) is 4.83. The Hall–Kier alpha value is -1.83. The van der Waals surface area contributed by atoms with Crippen molar-refractivity contribution in [1.29, 1.82) is 5.41 Å². The van der Waals surface area contributed by atoms with Gasteiger partial charge < -0.3 is 10.4 Å². The number of nitrogens with one attached hydrogen (secondary N) is 2. The molecule has 0 atom stereocenters. The highest BCUT2D eigenvalue weighted by Gasteiger charge is 2.02. The first-order chi connectivity index (χ1) is 6.72. The summed E-state index contributed by atoms with van der Waals surface area (Å²) in [6.45, 7) is 9.30. The quantitative estimate of drug-likeness (QED) is 0.535. The molecule has 1 heterocycles. The molecule has 0 bridgehead atoms. The highest BCUT2D eigenvalue weighted by molar-refractivity contribution is 5.91. The van der Waals surface area contributed by atoms with Crippen molar-refractivity contribution in [1.82, 2.24) is 4.98 Å². The predicted octanol–water partition coefficient (Wildman–Crippen LogP) is 3.27. The van der Waals surface area contributed by atoms with Gasteiger partial charge in [0.2, 0.25) is 0 Å². The van der Waals surface area contributed by atoms with Gasteiger partial charge in [0.05, 0.1) is 0 Å². The number of allylic oxidation sites excluding steroid dienone is 3. The van der Waals surface area contributed by atoms with Gasteiger partial charge in [-0.25, -0.2) is 0 Å². The Labute approximate surface area is 84.2 Å². The van der Waals surface area contributed by atoms with Gasteiger partial charge in [-0.05, 0) is 30.7 Å². The lowest BCUT2D eigenvalue weighted by Crippen LogP contribution is -1.87. The van der Waals surface area contributed by atoms with Crippen LogP contribution >= 0.6 is 0 Å². The average molecular weight is 186 g/mol. The average Bonchev–Trinajstić information content (AvgIpc) is 2.67. The lowest BCUT2D eigenvalue weighted by molar-refractivity contribution is 1.32. The Morgan fingerprint density at radius 3 is 2.57 bits per heavy atom. The van der Waals surface area contributed by atoms with E-state index < -0.39 is 0 Å². The molecular formula is C12H14N2. The largest absolute Gasteiger partial charge is 0.355 e. The summed E-state index contributed by atoms with van der Waals surface area (Å²) in [5.41, 5.74) is 3.78. The summed E-state index contributed by atoms with van der Waals surface area (Å²) < 4.78 is 0. The van der Waals surface area contributed by atoms with Crippen molar-refractivity contribution in [3.8, 4) is 0 Å². The Kier molecular flexibility index (Phi) is 3.24. The molecule has 0 aliphatic heterocycles. The van der Waals surface area contributed by atoms with Crippen molar-refractivity contribution in [3.63, 3.8) is 0 Å². The molecule has 1 aromatic heterocycles. The van der Waals surface area contributed by atoms with Crippen LogP contribution in [-0.2, 0) is 0 Å². The van der Waals surface area contributed by atoms with E-state index in [0.717, 1.165) is 22.5 Å². The molecule has 0 aliphatic carbocycles. The van der Waals surface area contributed by atoms with Gasteiger partial charge in [0.25, 0.3) is 0 Å². The van der Waals surface area contributed by atoms with E-state index in [4.69, 9.17) is 5.41 Å². The topological polar surface area (TPSA) is 39.6 Å². The molecule has 2 heteroatoms. The normalized spacial score (nSPS) is 11.8. The maximum atomic E-state index is 7.18. The Balaban J connectivity index is 3.19. The second kappa shape index (κ2) is 4.42. The molecule has 1 rings (SSSR count). The van der Waals surface area contributed by atoms with Crippen molar-refractivity contribution >= 4 is 17.9 Å². The minimum Gasteiger partial charge on any atom is -0.355 e. The zero-order valence-corrected chi connectivity index (χ0v) is 8.30. The SMILES string of the molecule is C=C/C(=C(/C)C=N)c1ccc(C=C)[nH]1. The first-order valence-corrected chi connectivity index (χ1v) is 4.38. The minimum absolute atomic E-state index is 0.887. The molecule has 2 nitrogen and oxygen atoms in total. The van der Waals surface area contributed by atoms with Crippen LogP contribution in [-0.4, -0.2) is 11.2 Å². The minimum atomic E-state index is 0.887. The fraction of sp³-hybridized carbons (Fsp3) is 0.0833. The molecule has 0 spiro atoms. The van der Waals surface area contributed by atoms with Crippen LogP contribution in [0.15, 0.2) is 36.9 Å². The van der Waals surface area contributed by atoms with Crippen molar-refractivity contribution in [2.45, 2.75) is 6.92 Å². The molecule has 0 amide bonds. The van der Waals surface area contributed by atoms with Gasteiger partial charge in [-0.3, -0.25) is 0 Å². The molecule has 72 valence electrons. The Morgan fingerprint density at radius 2 is 2.14 bits per heavy atom. The molecule has 14 heavy (non-hydrogen) atoms. The van der Waals surface area contributed by atoms with Crippen molar-refractivity contribution in [2.24, 2.45) is 0 Å². The molecule has 0 saturated carbocycles. The van der Waals surface area contributed by atoms with Crippen LogP contribution in [0.4, 0.5) is 0 Å². The Morgan fingerprint density at radius 1 is 1.43 bits per heavy atom. The second-order valence-corrected chi connectivity index (χ2v) is 2.98. The third kappa shape index (κ3) is 1.91. The van der Waals surface area contributed by atoms with Crippen molar-refractivity contribution < 1.29 is 0 Å². The summed E-state index contributed by atoms with van der Waals surface area (Å²) in [6, 6.07) is 3.91. The van der Waals surface area contributed by atoms with Crippen LogP contribution in [0.5, 0.6) is 0 Å². The molecule has 0 fully saturated rings. The van der Waals surface area contributed by atoms with E-state index in [-0.39, 0.29) is 0 Å². The predicted molar refractivity (Wildman–Crippen MR) is 62.5 cm³/mol. The summed E-state index contributed by atoms with van der Waals surface area (Å²) >= 11 is 0. The highest BCUT2D eigenvalue weighted by atomic mass is 14.7. The van der Waals surface area contributed by atoms with E-state index >= 15 is 0 Å².